The summed E-state index contributed by atoms with van der Waals surface area (Å²) in [6.45, 7) is 4.77. The summed E-state index contributed by atoms with van der Waals surface area (Å²) in [6.07, 6.45) is 1.24. The Labute approximate surface area is 131 Å². The van der Waals surface area contributed by atoms with Gasteiger partial charge in [0, 0.05) is 38.1 Å². The van der Waals surface area contributed by atoms with E-state index in [1.165, 1.54) is 0 Å². The number of piperidine rings is 2. The largest absolute Gasteiger partial charge is 0.389 e. The van der Waals surface area contributed by atoms with E-state index in [-0.39, 0.29) is 6.04 Å². The predicted molar refractivity (Wildman–Crippen MR) is 81.1 cm³/mol. The van der Waals surface area contributed by atoms with Gasteiger partial charge in [-0.05, 0) is 38.5 Å². The molecular weight excluding hydrogens is 284 g/mol. The molecule has 0 aromatic heterocycles. The van der Waals surface area contributed by atoms with Gasteiger partial charge in [-0.25, -0.2) is 0 Å². The van der Waals surface area contributed by atoms with Crippen molar-refractivity contribution in [2.75, 3.05) is 26.2 Å². The van der Waals surface area contributed by atoms with Gasteiger partial charge in [-0.2, -0.15) is 0 Å². The number of β-amino-alcohol motifs (C(OH)–C–C–N with tert-alkyl or cyclic N) is 1. The van der Waals surface area contributed by atoms with Crippen molar-refractivity contribution in [2.45, 2.75) is 57.0 Å². The van der Waals surface area contributed by atoms with Crippen molar-refractivity contribution in [3.05, 3.63) is 0 Å². The molecule has 0 aromatic rings. The van der Waals surface area contributed by atoms with Gasteiger partial charge in [0.1, 0.15) is 6.10 Å². The zero-order chi connectivity index (χ0) is 15.9. The van der Waals surface area contributed by atoms with Crippen LogP contribution >= 0.6 is 0 Å². The maximum absolute atomic E-state index is 12.1. The van der Waals surface area contributed by atoms with Gasteiger partial charge in [-0.1, -0.05) is 0 Å². The Kier molecular flexibility index (Phi) is 4.73. The Morgan fingerprint density at radius 2 is 1.68 bits per heavy atom. The van der Waals surface area contributed by atoms with Crippen LogP contribution in [-0.4, -0.2) is 81.6 Å². The molecule has 3 fully saturated rings. The summed E-state index contributed by atoms with van der Waals surface area (Å²) in [5.41, 5.74) is 0. The number of aliphatic hydroxyl groups excluding tert-OH is 3. The summed E-state index contributed by atoms with van der Waals surface area (Å²) in [4.78, 5) is 16.1. The van der Waals surface area contributed by atoms with E-state index in [0.29, 0.717) is 24.3 Å². The zero-order valence-electron chi connectivity index (χ0n) is 13.3. The summed E-state index contributed by atoms with van der Waals surface area (Å²) >= 11 is 0. The van der Waals surface area contributed by atoms with Crippen LogP contribution in [0.5, 0.6) is 0 Å². The SMILES string of the molecule is C[C@@H]1[C@@H](O)[C@H](O)[C@@H](O)CN1CC1CCN(C(=O)C2CC2)CC1. The number of hydrogen-bond donors (Lipinski definition) is 3. The average molecular weight is 312 g/mol. The van der Waals surface area contributed by atoms with Crippen LogP contribution in [-0.2, 0) is 4.79 Å². The number of hydrogen-bond acceptors (Lipinski definition) is 5. The lowest BCUT2D eigenvalue weighted by atomic mass is 9.91. The van der Waals surface area contributed by atoms with Gasteiger partial charge in [-0.3, -0.25) is 9.69 Å². The van der Waals surface area contributed by atoms with E-state index in [4.69, 9.17) is 0 Å². The zero-order valence-corrected chi connectivity index (χ0v) is 13.3. The summed E-state index contributed by atoms with van der Waals surface area (Å²) in [5.74, 6) is 1.12. The highest BCUT2D eigenvalue weighted by atomic mass is 16.4. The van der Waals surface area contributed by atoms with Crippen molar-refractivity contribution in [2.24, 2.45) is 11.8 Å². The Bertz CT molecular complexity index is 407. The van der Waals surface area contributed by atoms with Gasteiger partial charge in [0.25, 0.3) is 0 Å². The number of carbonyl (C=O) groups excluding carboxylic acids is 1. The van der Waals surface area contributed by atoms with E-state index in [2.05, 4.69) is 4.90 Å². The molecule has 3 rings (SSSR count). The molecule has 1 amide bonds. The Morgan fingerprint density at radius 1 is 1.05 bits per heavy atom. The van der Waals surface area contributed by atoms with Crippen LogP contribution in [0.2, 0.25) is 0 Å². The quantitative estimate of drug-likeness (QED) is 0.649. The number of nitrogens with zero attached hydrogens (tertiary/aromatic N) is 2. The fourth-order valence-electron chi connectivity index (χ4n) is 3.74. The summed E-state index contributed by atoms with van der Waals surface area (Å²) in [7, 11) is 0. The molecule has 0 aromatic carbocycles. The second kappa shape index (κ2) is 6.43. The molecule has 2 aliphatic heterocycles. The molecule has 0 spiro atoms. The van der Waals surface area contributed by atoms with E-state index in [1.54, 1.807) is 0 Å². The van der Waals surface area contributed by atoms with E-state index in [1.807, 2.05) is 11.8 Å². The number of amides is 1. The van der Waals surface area contributed by atoms with Crippen LogP contribution in [0.15, 0.2) is 0 Å². The van der Waals surface area contributed by atoms with Gasteiger partial charge in [-0.15, -0.1) is 0 Å². The Hall–Kier alpha value is -0.690. The number of rotatable bonds is 3. The molecule has 2 saturated heterocycles. The highest BCUT2D eigenvalue weighted by molar-refractivity contribution is 5.81. The highest BCUT2D eigenvalue weighted by Gasteiger charge is 2.40. The molecule has 3 aliphatic rings. The van der Waals surface area contributed by atoms with Crippen molar-refractivity contribution in [3.63, 3.8) is 0 Å². The number of aliphatic hydroxyl groups is 3. The minimum Gasteiger partial charge on any atom is -0.389 e. The van der Waals surface area contributed by atoms with Gasteiger partial charge in [0.15, 0.2) is 0 Å². The van der Waals surface area contributed by atoms with Crippen molar-refractivity contribution in [1.82, 2.24) is 9.80 Å². The van der Waals surface area contributed by atoms with Crippen LogP contribution < -0.4 is 0 Å². The molecule has 2 heterocycles. The second-order valence-electron chi connectivity index (χ2n) is 7.29. The van der Waals surface area contributed by atoms with Crippen molar-refractivity contribution in [3.8, 4) is 0 Å². The van der Waals surface area contributed by atoms with Crippen molar-refractivity contribution < 1.29 is 20.1 Å². The van der Waals surface area contributed by atoms with Crippen LogP contribution in [0.3, 0.4) is 0 Å². The first-order chi connectivity index (χ1) is 10.5. The van der Waals surface area contributed by atoms with Gasteiger partial charge >= 0.3 is 0 Å². The smallest absolute Gasteiger partial charge is 0.225 e. The highest BCUT2D eigenvalue weighted by Crippen LogP contribution is 2.32. The third-order valence-corrected chi connectivity index (χ3v) is 5.58. The topological polar surface area (TPSA) is 84.2 Å². The monoisotopic (exact) mass is 312 g/mol. The van der Waals surface area contributed by atoms with Gasteiger partial charge < -0.3 is 20.2 Å². The number of carbonyl (C=O) groups is 1. The molecule has 3 N–H and O–H groups in total. The van der Waals surface area contributed by atoms with Crippen LogP contribution in [0.4, 0.5) is 0 Å². The lowest BCUT2D eigenvalue weighted by Crippen LogP contribution is -2.61. The standard InChI is InChI=1S/C16H28N2O4/c1-10-14(20)15(21)13(19)9-18(10)8-11-4-6-17(7-5-11)16(22)12-2-3-12/h10-15,19-21H,2-9H2,1H3/t10-,13+,14-,15-/m1/s1. The fraction of sp³-hybridized carbons (Fsp3) is 0.938. The molecule has 0 unspecified atom stereocenters. The Balaban J connectivity index is 1.48. The molecule has 6 heteroatoms. The summed E-state index contributed by atoms with van der Waals surface area (Å²) < 4.78 is 0. The van der Waals surface area contributed by atoms with Crippen LogP contribution in [0.1, 0.15) is 32.6 Å². The third kappa shape index (κ3) is 3.30. The first kappa shape index (κ1) is 16.2. The molecule has 22 heavy (non-hydrogen) atoms. The lowest BCUT2D eigenvalue weighted by Gasteiger charge is -2.44. The first-order valence-electron chi connectivity index (χ1n) is 8.54. The molecule has 1 saturated carbocycles. The molecular formula is C16H28N2O4. The summed E-state index contributed by atoms with van der Waals surface area (Å²) in [5, 5.41) is 29.6. The molecule has 1 aliphatic carbocycles. The molecule has 0 bridgehead atoms. The average Bonchev–Trinajstić information content (AvgIpc) is 3.35. The Morgan fingerprint density at radius 3 is 2.27 bits per heavy atom. The minimum atomic E-state index is -1.05. The summed E-state index contributed by atoms with van der Waals surface area (Å²) in [6, 6.07) is -0.149. The van der Waals surface area contributed by atoms with Gasteiger partial charge in [0.05, 0.1) is 12.2 Å². The fourth-order valence-corrected chi connectivity index (χ4v) is 3.74. The van der Waals surface area contributed by atoms with E-state index < -0.39 is 18.3 Å². The van der Waals surface area contributed by atoms with E-state index >= 15 is 0 Å². The maximum Gasteiger partial charge on any atom is 0.225 e. The maximum atomic E-state index is 12.1. The second-order valence-corrected chi connectivity index (χ2v) is 7.29. The minimum absolute atomic E-state index is 0.149. The molecule has 126 valence electrons. The van der Waals surface area contributed by atoms with E-state index in [9.17, 15) is 20.1 Å². The first-order valence-corrected chi connectivity index (χ1v) is 8.54. The van der Waals surface area contributed by atoms with Crippen LogP contribution in [0.25, 0.3) is 0 Å². The predicted octanol–water partition coefficient (Wildman–Crippen LogP) is -0.578. The molecule has 0 radical (unpaired) electrons. The number of likely N-dealkylation sites (tertiary alicyclic amines) is 2. The molecule has 6 nitrogen and oxygen atoms in total. The van der Waals surface area contributed by atoms with E-state index in [0.717, 1.165) is 45.3 Å². The van der Waals surface area contributed by atoms with Crippen LogP contribution in [0, 0.1) is 11.8 Å². The third-order valence-electron chi connectivity index (χ3n) is 5.58. The molecule has 4 atom stereocenters. The van der Waals surface area contributed by atoms with Crippen molar-refractivity contribution >= 4 is 5.91 Å². The lowest BCUT2D eigenvalue weighted by molar-refractivity contribution is -0.138. The normalized spacial score (nSPS) is 38.3. The van der Waals surface area contributed by atoms with Gasteiger partial charge in [0.2, 0.25) is 5.91 Å². The van der Waals surface area contributed by atoms with Crippen molar-refractivity contribution in [1.29, 1.82) is 0 Å².